The summed E-state index contributed by atoms with van der Waals surface area (Å²) in [5.74, 6) is 1.77. The van der Waals surface area contributed by atoms with Crippen molar-refractivity contribution < 1.29 is 0 Å². The van der Waals surface area contributed by atoms with Gasteiger partial charge >= 0.3 is 0 Å². The Morgan fingerprint density at radius 3 is 2.57 bits per heavy atom. The summed E-state index contributed by atoms with van der Waals surface area (Å²) in [4.78, 5) is 2.63. The van der Waals surface area contributed by atoms with Crippen LogP contribution in [0.2, 0.25) is 0 Å². The van der Waals surface area contributed by atoms with Crippen molar-refractivity contribution in [3.63, 3.8) is 0 Å². The number of hydrogen-bond donors (Lipinski definition) is 1. The molecule has 1 aromatic rings. The van der Waals surface area contributed by atoms with Crippen LogP contribution >= 0.6 is 0 Å². The Kier molecular flexibility index (Phi) is 5.32. The first-order chi connectivity index (χ1) is 10.3. The number of piperidine rings is 1. The maximum absolute atomic E-state index is 3.86. The van der Waals surface area contributed by atoms with Crippen molar-refractivity contribution in [2.45, 2.75) is 45.1 Å². The second kappa shape index (κ2) is 7.42. The Bertz CT molecular complexity index is 413. The summed E-state index contributed by atoms with van der Waals surface area (Å²) in [5, 5.41) is 3.86. The van der Waals surface area contributed by atoms with Gasteiger partial charge in [0.1, 0.15) is 0 Å². The van der Waals surface area contributed by atoms with Gasteiger partial charge in [0.05, 0.1) is 0 Å². The normalized spacial score (nSPS) is 27.5. The summed E-state index contributed by atoms with van der Waals surface area (Å²) in [6, 6.07) is 11.7. The minimum Gasteiger partial charge on any atom is -0.312 e. The average molecular weight is 286 g/mol. The standard InChI is InChI=1S/C19H30N2/c1-2-21-14-18(11-16-7-4-3-5-8-16)12-19(15-21)20-13-17-9-6-10-17/h3-5,7-8,17-20H,2,6,9-15H2,1H3. The topological polar surface area (TPSA) is 15.3 Å². The first-order valence-electron chi connectivity index (χ1n) is 8.83. The van der Waals surface area contributed by atoms with Crippen molar-refractivity contribution in [2.75, 3.05) is 26.2 Å². The molecule has 1 aromatic carbocycles. The van der Waals surface area contributed by atoms with Crippen molar-refractivity contribution in [1.29, 1.82) is 0 Å². The summed E-state index contributed by atoms with van der Waals surface area (Å²) in [7, 11) is 0. The lowest BCUT2D eigenvalue weighted by molar-refractivity contribution is 0.140. The molecule has 0 bridgehead atoms. The van der Waals surface area contributed by atoms with E-state index in [4.69, 9.17) is 0 Å². The maximum Gasteiger partial charge on any atom is 0.0198 e. The van der Waals surface area contributed by atoms with E-state index in [1.807, 2.05) is 0 Å². The quantitative estimate of drug-likeness (QED) is 0.863. The Balaban J connectivity index is 1.52. The second-order valence-corrected chi connectivity index (χ2v) is 7.05. The van der Waals surface area contributed by atoms with Crippen LogP contribution < -0.4 is 5.32 Å². The van der Waals surface area contributed by atoms with E-state index in [1.165, 1.54) is 63.8 Å². The van der Waals surface area contributed by atoms with Crippen molar-refractivity contribution in [1.82, 2.24) is 10.2 Å². The Hall–Kier alpha value is -0.860. The van der Waals surface area contributed by atoms with E-state index in [1.54, 1.807) is 0 Å². The summed E-state index contributed by atoms with van der Waals surface area (Å²) >= 11 is 0. The minimum absolute atomic E-state index is 0.702. The molecule has 2 nitrogen and oxygen atoms in total. The zero-order valence-corrected chi connectivity index (χ0v) is 13.4. The average Bonchev–Trinajstić information content (AvgIpc) is 2.46. The van der Waals surface area contributed by atoms with Gasteiger partial charge in [-0.15, -0.1) is 0 Å². The van der Waals surface area contributed by atoms with Gasteiger partial charge in [0.15, 0.2) is 0 Å². The highest BCUT2D eigenvalue weighted by Crippen LogP contribution is 2.26. The molecule has 2 aliphatic rings. The molecule has 2 heteroatoms. The molecule has 21 heavy (non-hydrogen) atoms. The molecule has 1 aliphatic carbocycles. The summed E-state index contributed by atoms with van der Waals surface area (Å²) in [5.41, 5.74) is 1.50. The molecule has 0 spiro atoms. The van der Waals surface area contributed by atoms with E-state index in [-0.39, 0.29) is 0 Å². The van der Waals surface area contributed by atoms with Crippen LogP contribution in [0.1, 0.15) is 38.2 Å². The van der Waals surface area contributed by atoms with Crippen LogP contribution in [0.15, 0.2) is 30.3 Å². The monoisotopic (exact) mass is 286 g/mol. The molecule has 2 atom stereocenters. The zero-order valence-electron chi connectivity index (χ0n) is 13.4. The zero-order chi connectivity index (χ0) is 14.5. The van der Waals surface area contributed by atoms with Crippen LogP contribution in [0.25, 0.3) is 0 Å². The van der Waals surface area contributed by atoms with E-state index >= 15 is 0 Å². The maximum atomic E-state index is 3.86. The first kappa shape index (κ1) is 15.1. The third-order valence-corrected chi connectivity index (χ3v) is 5.35. The molecule has 0 amide bonds. The van der Waals surface area contributed by atoms with Crippen molar-refractivity contribution in [3.8, 4) is 0 Å². The number of benzene rings is 1. The molecule has 0 radical (unpaired) electrons. The van der Waals surface area contributed by atoms with E-state index in [0.29, 0.717) is 6.04 Å². The van der Waals surface area contributed by atoms with Crippen LogP contribution in [-0.4, -0.2) is 37.1 Å². The molecule has 2 unspecified atom stereocenters. The van der Waals surface area contributed by atoms with Crippen molar-refractivity contribution >= 4 is 0 Å². The van der Waals surface area contributed by atoms with Crippen molar-refractivity contribution in [2.24, 2.45) is 11.8 Å². The molecule has 0 aromatic heterocycles. The van der Waals surface area contributed by atoms with Crippen molar-refractivity contribution in [3.05, 3.63) is 35.9 Å². The van der Waals surface area contributed by atoms with Gasteiger partial charge in [-0.25, -0.2) is 0 Å². The highest BCUT2D eigenvalue weighted by molar-refractivity contribution is 5.15. The Morgan fingerprint density at radius 1 is 1.10 bits per heavy atom. The molecule has 1 heterocycles. The van der Waals surface area contributed by atoms with Crippen LogP contribution in [0, 0.1) is 11.8 Å². The lowest BCUT2D eigenvalue weighted by Gasteiger charge is -2.39. The van der Waals surface area contributed by atoms with E-state index in [2.05, 4.69) is 47.5 Å². The lowest BCUT2D eigenvalue weighted by atomic mass is 9.84. The molecule has 1 aliphatic heterocycles. The predicted molar refractivity (Wildman–Crippen MR) is 89.5 cm³/mol. The van der Waals surface area contributed by atoms with Gasteiger partial charge in [0.25, 0.3) is 0 Å². The van der Waals surface area contributed by atoms with Crippen LogP contribution in [-0.2, 0) is 6.42 Å². The molecule has 1 saturated heterocycles. The van der Waals surface area contributed by atoms with Gasteiger partial charge in [-0.3, -0.25) is 0 Å². The summed E-state index contributed by atoms with van der Waals surface area (Å²) in [6.45, 7) is 7.25. The fourth-order valence-electron chi connectivity index (χ4n) is 3.83. The fraction of sp³-hybridized carbons (Fsp3) is 0.684. The SMILES string of the molecule is CCN1CC(Cc2ccccc2)CC(NCC2CCC2)C1. The van der Waals surface area contributed by atoms with Crippen LogP contribution in [0.5, 0.6) is 0 Å². The van der Waals surface area contributed by atoms with Crippen LogP contribution in [0.4, 0.5) is 0 Å². The Morgan fingerprint density at radius 2 is 1.90 bits per heavy atom. The molecule has 1 N–H and O–H groups in total. The van der Waals surface area contributed by atoms with Gasteiger partial charge in [0, 0.05) is 19.1 Å². The van der Waals surface area contributed by atoms with E-state index < -0.39 is 0 Å². The first-order valence-corrected chi connectivity index (χ1v) is 8.83. The molecular weight excluding hydrogens is 256 g/mol. The predicted octanol–water partition coefficient (Wildman–Crippen LogP) is 3.33. The molecule has 116 valence electrons. The second-order valence-electron chi connectivity index (χ2n) is 7.05. The van der Waals surface area contributed by atoms with Gasteiger partial charge in [0.2, 0.25) is 0 Å². The highest BCUT2D eigenvalue weighted by Gasteiger charge is 2.27. The molecule has 1 saturated carbocycles. The van der Waals surface area contributed by atoms with E-state index in [0.717, 1.165) is 11.8 Å². The number of nitrogens with one attached hydrogen (secondary N) is 1. The van der Waals surface area contributed by atoms with Gasteiger partial charge in [-0.2, -0.15) is 0 Å². The largest absolute Gasteiger partial charge is 0.312 e. The number of likely N-dealkylation sites (N-methyl/N-ethyl adjacent to an activating group) is 1. The number of nitrogens with zero attached hydrogens (tertiary/aromatic N) is 1. The molecular formula is C19H30N2. The minimum atomic E-state index is 0.702. The van der Waals surface area contributed by atoms with Gasteiger partial charge < -0.3 is 10.2 Å². The number of hydrogen-bond acceptors (Lipinski definition) is 2. The number of rotatable bonds is 6. The third-order valence-electron chi connectivity index (χ3n) is 5.35. The summed E-state index contributed by atoms with van der Waals surface area (Å²) < 4.78 is 0. The lowest BCUT2D eigenvalue weighted by Crippen LogP contribution is -2.50. The number of likely N-dealkylation sites (tertiary alicyclic amines) is 1. The summed E-state index contributed by atoms with van der Waals surface area (Å²) in [6.07, 6.45) is 6.93. The Labute approximate surface area is 129 Å². The van der Waals surface area contributed by atoms with Crippen LogP contribution in [0.3, 0.4) is 0 Å². The smallest absolute Gasteiger partial charge is 0.0198 e. The third kappa shape index (κ3) is 4.31. The van der Waals surface area contributed by atoms with Gasteiger partial charge in [-0.1, -0.05) is 43.7 Å². The highest BCUT2D eigenvalue weighted by atomic mass is 15.2. The molecule has 2 fully saturated rings. The fourth-order valence-corrected chi connectivity index (χ4v) is 3.83. The van der Waals surface area contributed by atoms with Gasteiger partial charge in [-0.05, 0) is 56.2 Å². The molecule has 3 rings (SSSR count). The van der Waals surface area contributed by atoms with E-state index in [9.17, 15) is 0 Å².